The third-order valence-electron chi connectivity index (χ3n) is 5.18. The van der Waals surface area contributed by atoms with Gasteiger partial charge in [0.2, 0.25) is 0 Å². The molecule has 0 aliphatic heterocycles. The molecule has 0 amide bonds. The first kappa shape index (κ1) is 33.1. The van der Waals surface area contributed by atoms with Crippen LogP contribution in [0.1, 0.15) is 53.0 Å². The number of aromatic hydroxyl groups is 1. The van der Waals surface area contributed by atoms with Gasteiger partial charge < -0.3 is 20.4 Å². The number of para-hydroxylation sites is 1. The molecule has 0 fully saturated rings. The lowest BCUT2D eigenvalue weighted by Gasteiger charge is -2.40. The zero-order chi connectivity index (χ0) is 25.8. The van der Waals surface area contributed by atoms with Crippen LogP contribution in [0.2, 0.25) is 0 Å². The Morgan fingerprint density at radius 1 is 0.970 bits per heavy atom. The fourth-order valence-corrected chi connectivity index (χ4v) is 3.64. The number of rotatable bonds is 13. The Kier molecular flexibility index (Phi) is 20.5. The molecule has 2 unspecified atom stereocenters. The molecule has 6 heteroatoms. The molecule has 0 spiro atoms. The standard InChI is InChI=1S/C23H36N2O4.2C2H6/c1-5-9-18(22(28)6-2)16-24(3)20(12-14-26)21(13-15-27)25(4)17-19-10-7-8-11-23(19)29;2*1-2/h5-11,20-21,26-29H,1,12-17H2,2-4H3;2*1-2H3/b18-9-,22-6+;;. The number of hydrogen-bond acceptors (Lipinski definition) is 6. The molecule has 0 heterocycles. The van der Waals surface area contributed by atoms with Crippen molar-refractivity contribution < 1.29 is 20.4 Å². The number of nitrogens with zero attached hydrogens (tertiary/aromatic N) is 2. The van der Waals surface area contributed by atoms with Gasteiger partial charge in [0.05, 0.1) is 0 Å². The van der Waals surface area contributed by atoms with Crippen LogP contribution in [0.15, 0.2) is 60.4 Å². The van der Waals surface area contributed by atoms with E-state index >= 15 is 0 Å². The van der Waals surface area contributed by atoms with E-state index in [1.165, 1.54) is 0 Å². The summed E-state index contributed by atoms with van der Waals surface area (Å²) in [6, 6.07) is 7.08. The predicted molar refractivity (Wildman–Crippen MR) is 141 cm³/mol. The van der Waals surface area contributed by atoms with Gasteiger partial charge in [-0.25, -0.2) is 0 Å². The number of phenols is 1. The van der Waals surface area contributed by atoms with Gasteiger partial charge in [0.1, 0.15) is 11.5 Å². The highest BCUT2D eigenvalue weighted by atomic mass is 16.3. The van der Waals surface area contributed by atoms with Crippen molar-refractivity contribution in [2.75, 3.05) is 33.9 Å². The second-order valence-corrected chi connectivity index (χ2v) is 7.22. The van der Waals surface area contributed by atoms with Crippen molar-refractivity contribution in [3.63, 3.8) is 0 Å². The first-order valence-corrected chi connectivity index (χ1v) is 12.0. The Balaban J connectivity index is 0. The van der Waals surface area contributed by atoms with E-state index < -0.39 is 0 Å². The number of aliphatic hydroxyl groups is 3. The second kappa shape index (κ2) is 20.5. The minimum absolute atomic E-state index is 0.0114. The fraction of sp³-hybridized carbons (Fsp3) is 0.556. The van der Waals surface area contributed by atoms with Gasteiger partial charge >= 0.3 is 0 Å². The topological polar surface area (TPSA) is 87.4 Å². The zero-order valence-corrected chi connectivity index (χ0v) is 21.8. The van der Waals surface area contributed by atoms with Crippen molar-refractivity contribution in [2.24, 2.45) is 0 Å². The summed E-state index contributed by atoms with van der Waals surface area (Å²) in [6.45, 7) is 14.5. The van der Waals surface area contributed by atoms with Crippen molar-refractivity contribution in [1.29, 1.82) is 0 Å². The number of benzene rings is 1. The van der Waals surface area contributed by atoms with Crippen LogP contribution >= 0.6 is 0 Å². The molecule has 0 aromatic heterocycles. The summed E-state index contributed by atoms with van der Waals surface area (Å²) in [5, 5.41) is 39.6. The minimum Gasteiger partial charge on any atom is -0.508 e. The maximum Gasteiger partial charge on any atom is 0.120 e. The predicted octanol–water partition coefficient (Wildman–Crippen LogP) is 4.88. The van der Waals surface area contributed by atoms with Gasteiger partial charge in [0.15, 0.2) is 0 Å². The smallest absolute Gasteiger partial charge is 0.120 e. The highest BCUT2D eigenvalue weighted by molar-refractivity contribution is 5.32. The maximum atomic E-state index is 10.2. The molecule has 190 valence electrons. The lowest BCUT2D eigenvalue weighted by molar-refractivity contribution is 0.0730. The number of aliphatic hydroxyl groups excluding tert-OH is 3. The molecule has 0 saturated carbocycles. The maximum absolute atomic E-state index is 10.2. The summed E-state index contributed by atoms with van der Waals surface area (Å²) >= 11 is 0. The lowest BCUT2D eigenvalue weighted by atomic mass is 9.97. The van der Waals surface area contributed by atoms with Crippen molar-refractivity contribution in [3.05, 3.63) is 66.0 Å². The van der Waals surface area contributed by atoms with Gasteiger partial charge in [0, 0.05) is 49.5 Å². The van der Waals surface area contributed by atoms with Crippen molar-refractivity contribution in [2.45, 2.75) is 66.1 Å². The quantitative estimate of drug-likeness (QED) is 0.246. The largest absolute Gasteiger partial charge is 0.508 e. The summed E-state index contributed by atoms with van der Waals surface area (Å²) in [4.78, 5) is 4.17. The highest BCUT2D eigenvalue weighted by Gasteiger charge is 2.29. The van der Waals surface area contributed by atoms with Gasteiger partial charge in [-0.05, 0) is 46.0 Å². The summed E-state index contributed by atoms with van der Waals surface area (Å²) in [7, 11) is 3.90. The second-order valence-electron chi connectivity index (χ2n) is 7.22. The van der Waals surface area contributed by atoms with E-state index in [1.807, 2.05) is 53.9 Å². The zero-order valence-electron chi connectivity index (χ0n) is 21.8. The number of hydrogen-bond donors (Lipinski definition) is 4. The molecule has 1 aromatic rings. The Labute approximate surface area is 202 Å². The highest BCUT2D eigenvalue weighted by Crippen LogP contribution is 2.23. The summed E-state index contributed by atoms with van der Waals surface area (Å²) in [5.74, 6) is 0.434. The Hall–Kier alpha value is -2.12. The third kappa shape index (κ3) is 12.1. The van der Waals surface area contributed by atoms with Crippen LogP contribution in [0.25, 0.3) is 0 Å². The van der Waals surface area contributed by atoms with Crippen LogP contribution in [-0.2, 0) is 6.54 Å². The number of likely N-dealkylation sites (N-methyl/N-ethyl adjacent to an activating group) is 2. The molecular formula is C27H48N2O4. The van der Waals surface area contributed by atoms with Gasteiger partial charge in [-0.3, -0.25) is 9.80 Å². The van der Waals surface area contributed by atoms with Crippen LogP contribution in [0.4, 0.5) is 0 Å². The van der Waals surface area contributed by atoms with Gasteiger partial charge in [-0.2, -0.15) is 0 Å². The van der Waals surface area contributed by atoms with Gasteiger partial charge in [0.25, 0.3) is 0 Å². The molecule has 0 bridgehead atoms. The van der Waals surface area contributed by atoms with E-state index in [-0.39, 0.29) is 36.8 Å². The first-order valence-electron chi connectivity index (χ1n) is 12.0. The van der Waals surface area contributed by atoms with Crippen molar-refractivity contribution in [3.8, 4) is 5.75 Å². The Morgan fingerprint density at radius 3 is 1.94 bits per heavy atom. The van der Waals surface area contributed by atoms with Gasteiger partial charge in [-0.1, -0.05) is 64.6 Å². The normalized spacial score (nSPS) is 13.5. The average molecular weight is 465 g/mol. The van der Waals surface area contributed by atoms with Crippen molar-refractivity contribution >= 4 is 0 Å². The van der Waals surface area contributed by atoms with Crippen LogP contribution in [0.5, 0.6) is 5.75 Å². The van der Waals surface area contributed by atoms with E-state index in [0.29, 0.717) is 25.9 Å². The van der Waals surface area contributed by atoms with Crippen LogP contribution in [0.3, 0.4) is 0 Å². The summed E-state index contributed by atoms with van der Waals surface area (Å²) in [6.07, 6.45) is 6.09. The van der Waals surface area contributed by atoms with Crippen LogP contribution in [0, 0.1) is 0 Å². The minimum atomic E-state index is -0.0686. The molecule has 33 heavy (non-hydrogen) atoms. The van der Waals surface area contributed by atoms with Gasteiger partial charge in [-0.15, -0.1) is 0 Å². The number of allylic oxidation sites excluding steroid dienone is 3. The lowest BCUT2D eigenvalue weighted by Crippen LogP contribution is -2.50. The third-order valence-corrected chi connectivity index (χ3v) is 5.18. The van der Waals surface area contributed by atoms with E-state index in [4.69, 9.17) is 0 Å². The molecule has 1 rings (SSSR count). The first-order chi connectivity index (χ1) is 15.9. The van der Waals surface area contributed by atoms with E-state index in [9.17, 15) is 20.4 Å². The SMILES string of the molecule is C=C/C=C(CN(C)C(CCO)C(CCO)N(C)Cc1ccccc1O)\C(O)=C/C.CC.CC. The molecule has 0 aliphatic rings. The molecule has 0 aliphatic carbocycles. The van der Waals surface area contributed by atoms with Crippen LogP contribution < -0.4 is 0 Å². The molecule has 6 nitrogen and oxygen atoms in total. The molecular weight excluding hydrogens is 416 g/mol. The summed E-state index contributed by atoms with van der Waals surface area (Å²) in [5.41, 5.74) is 1.54. The van der Waals surface area contributed by atoms with E-state index in [0.717, 1.165) is 11.1 Å². The monoisotopic (exact) mass is 464 g/mol. The molecule has 0 radical (unpaired) electrons. The molecule has 4 N–H and O–H groups in total. The van der Waals surface area contributed by atoms with Crippen molar-refractivity contribution in [1.82, 2.24) is 9.80 Å². The molecule has 1 aromatic carbocycles. The Morgan fingerprint density at radius 2 is 1.48 bits per heavy atom. The van der Waals surface area contributed by atoms with E-state index in [1.54, 1.807) is 37.3 Å². The van der Waals surface area contributed by atoms with Crippen LogP contribution in [-0.4, -0.2) is 76.2 Å². The molecule has 2 atom stereocenters. The molecule has 0 saturated heterocycles. The summed E-state index contributed by atoms with van der Waals surface area (Å²) < 4.78 is 0. The van der Waals surface area contributed by atoms with E-state index in [2.05, 4.69) is 16.4 Å². The fourth-order valence-electron chi connectivity index (χ4n) is 3.64. The number of phenolic OH excluding ortho intramolecular Hbond substituents is 1. The average Bonchev–Trinajstić information content (AvgIpc) is 2.84. The Bertz CT molecular complexity index is 688.